The molecule has 15 heavy (non-hydrogen) atoms. The summed E-state index contributed by atoms with van der Waals surface area (Å²) in [5, 5.41) is 0. The van der Waals surface area contributed by atoms with Crippen LogP contribution in [0.1, 0.15) is 27.9 Å². The molecule has 1 aromatic rings. The first-order chi connectivity index (χ1) is 7.15. The van der Waals surface area contributed by atoms with Crippen LogP contribution in [0.4, 0.5) is 0 Å². The number of benzene rings is 1. The fourth-order valence-corrected chi connectivity index (χ4v) is 1.24. The highest BCUT2D eigenvalue weighted by molar-refractivity contribution is 5.90. The summed E-state index contributed by atoms with van der Waals surface area (Å²) in [4.78, 5) is 20.8. The number of hydrogen-bond donors (Lipinski definition) is 0. The van der Waals surface area contributed by atoms with Crippen LogP contribution in [0.5, 0.6) is 0 Å². The first-order valence-corrected chi connectivity index (χ1v) is 4.85. The smallest absolute Gasteiger partial charge is 0.293 e. The lowest BCUT2D eigenvalue weighted by molar-refractivity contribution is -0.239. The van der Waals surface area contributed by atoms with Gasteiger partial charge in [-0.05, 0) is 31.9 Å². The number of aryl methyl sites for hydroxylation is 2. The molecule has 0 heterocycles. The van der Waals surface area contributed by atoms with E-state index in [1.165, 1.54) is 0 Å². The molecule has 0 N–H and O–H groups in total. The lowest BCUT2D eigenvalue weighted by atomic mass is 10.1. The third kappa shape index (κ3) is 3.36. The van der Waals surface area contributed by atoms with Gasteiger partial charge in [0.2, 0.25) is 0 Å². The van der Waals surface area contributed by atoms with E-state index < -0.39 is 5.97 Å². The van der Waals surface area contributed by atoms with E-state index in [4.69, 9.17) is 0 Å². The van der Waals surface area contributed by atoms with E-state index in [9.17, 15) is 4.79 Å². The van der Waals surface area contributed by atoms with Gasteiger partial charge in [0.15, 0.2) is 0 Å². The molecule has 1 radical (unpaired) electrons. The fourth-order valence-electron chi connectivity index (χ4n) is 1.24. The van der Waals surface area contributed by atoms with E-state index >= 15 is 0 Å². The molecule has 81 valence electrons. The molecule has 3 heteroatoms. The number of rotatable bonds is 4. The summed E-state index contributed by atoms with van der Waals surface area (Å²) >= 11 is 0. The molecule has 0 spiro atoms. The Bertz CT molecular complexity index is 345. The first kappa shape index (κ1) is 11.7. The Morgan fingerprint density at radius 2 is 2.13 bits per heavy atom. The zero-order chi connectivity index (χ0) is 11.3. The van der Waals surface area contributed by atoms with Gasteiger partial charge in [-0.2, -0.15) is 4.89 Å². The highest BCUT2D eigenvalue weighted by atomic mass is 17.2. The van der Waals surface area contributed by atoms with E-state index in [1.54, 1.807) is 6.07 Å². The molecule has 0 unspecified atom stereocenters. The van der Waals surface area contributed by atoms with Crippen molar-refractivity contribution in [3.8, 4) is 0 Å². The molecular formula is C12H15O3. The summed E-state index contributed by atoms with van der Waals surface area (Å²) in [5.74, 6) is -0.457. The standard InChI is InChI=1S/C12H15O3/c1-4-7-14-15-12(13)11-6-5-9(2)8-10(11)3/h5-6,8H,1,4,7H2,2-3H3. The minimum absolute atomic E-state index is 0.316. The van der Waals surface area contributed by atoms with Gasteiger partial charge in [0.05, 0.1) is 12.2 Å². The summed E-state index contributed by atoms with van der Waals surface area (Å²) in [5.41, 5.74) is 2.53. The summed E-state index contributed by atoms with van der Waals surface area (Å²) < 4.78 is 0. The maximum absolute atomic E-state index is 11.5. The lowest BCUT2D eigenvalue weighted by Crippen LogP contribution is -2.08. The Morgan fingerprint density at radius 1 is 1.40 bits per heavy atom. The first-order valence-electron chi connectivity index (χ1n) is 4.85. The van der Waals surface area contributed by atoms with Gasteiger partial charge in [0.25, 0.3) is 0 Å². The molecule has 0 saturated heterocycles. The fraction of sp³-hybridized carbons (Fsp3) is 0.333. The van der Waals surface area contributed by atoms with Crippen LogP contribution in [0, 0.1) is 20.8 Å². The molecule has 3 nitrogen and oxygen atoms in total. The normalized spacial score (nSPS) is 10.1. The van der Waals surface area contributed by atoms with Crippen molar-refractivity contribution >= 4 is 5.97 Å². The van der Waals surface area contributed by atoms with Gasteiger partial charge >= 0.3 is 5.97 Å². The molecule has 0 bridgehead atoms. The third-order valence-corrected chi connectivity index (χ3v) is 1.96. The van der Waals surface area contributed by atoms with E-state index in [-0.39, 0.29) is 0 Å². The van der Waals surface area contributed by atoms with Gasteiger partial charge in [-0.3, -0.25) is 4.89 Å². The van der Waals surface area contributed by atoms with Crippen molar-refractivity contribution in [2.45, 2.75) is 20.3 Å². The van der Waals surface area contributed by atoms with Crippen molar-refractivity contribution in [3.63, 3.8) is 0 Å². The highest BCUT2D eigenvalue weighted by Crippen LogP contribution is 2.11. The predicted molar refractivity (Wildman–Crippen MR) is 57.3 cm³/mol. The second kappa shape index (κ2) is 5.51. The molecular weight excluding hydrogens is 192 g/mol. The van der Waals surface area contributed by atoms with Crippen molar-refractivity contribution < 1.29 is 14.6 Å². The van der Waals surface area contributed by atoms with Crippen molar-refractivity contribution in [1.29, 1.82) is 0 Å². The Labute approximate surface area is 89.9 Å². The van der Waals surface area contributed by atoms with Gasteiger partial charge in [-0.15, -0.1) is 0 Å². The van der Waals surface area contributed by atoms with Crippen molar-refractivity contribution in [1.82, 2.24) is 0 Å². The van der Waals surface area contributed by atoms with Crippen LogP contribution in [0.25, 0.3) is 0 Å². The van der Waals surface area contributed by atoms with Crippen molar-refractivity contribution in [3.05, 3.63) is 41.8 Å². The molecule has 0 aliphatic heterocycles. The summed E-state index contributed by atoms with van der Waals surface area (Å²) in [6, 6.07) is 5.53. The monoisotopic (exact) mass is 207 g/mol. The van der Waals surface area contributed by atoms with Crippen LogP contribution in [0.2, 0.25) is 0 Å². The van der Waals surface area contributed by atoms with E-state index in [0.717, 1.165) is 11.1 Å². The summed E-state index contributed by atoms with van der Waals surface area (Å²) in [7, 11) is 0. The van der Waals surface area contributed by atoms with Crippen molar-refractivity contribution in [2.75, 3.05) is 6.61 Å². The number of hydrogen-bond acceptors (Lipinski definition) is 3. The molecule has 0 aromatic heterocycles. The molecule has 1 aromatic carbocycles. The van der Waals surface area contributed by atoms with Crippen molar-refractivity contribution in [2.24, 2.45) is 0 Å². The second-order valence-corrected chi connectivity index (χ2v) is 3.36. The Hall–Kier alpha value is -1.35. The quantitative estimate of drug-likeness (QED) is 0.432. The lowest BCUT2D eigenvalue weighted by Gasteiger charge is -2.05. The zero-order valence-electron chi connectivity index (χ0n) is 9.08. The molecule has 0 aliphatic rings. The Morgan fingerprint density at radius 3 is 2.73 bits per heavy atom. The highest BCUT2D eigenvalue weighted by Gasteiger charge is 2.10. The number of carbonyl (C=O) groups excluding carboxylic acids is 1. The predicted octanol–water partition coefficient (Wildman–Crippen LogP) is 2.62. The molecule has 0 saturated carbocycles. The topological polar surface area (TPSA) is 35.5 Å². The average molecular weight is 207 g/mol. The Kier molecular flexibility index (Phi) is 4.31. The van der Waals surface area contributed by atoms with E-state index in [0.29, 0.717) is 18.6 Å². The van der Waals surface area contributed by atoms with Gasteiger partial charge in [0, 0.05) is 0 Å². The molecule has 1 rings (SSSR count). The zero-order valence-corrected chi connectivity index (χ0v) is 9.08. The third-order valence-electron chi connectivity index (χ3n) is 1.96. The van der Waals surface area contributed by atoms with Gasteiger partial charge in [-0.1, -0.05) is 24.6 Å². The average Bonchev–Trinajstić information content (AvgIpc) is 2.17. The maximum atomic E-state index is 11.5. The van der Waals surface area contributed by atoms with Crippen LogP contribution in [-0.2, 0) is 9.78 Å². The molecule has 0 amide bonds. The molecule has 0 atom stereocenters. The number of carbonyl (C=O) groups is 1. The van der Waals surface area contributed by atoms with Gasteiger partial charge in [-0.25, -0.2) is 4.79 Å². The van der Waals surface area contributed by atoms with Crippen LogP contribution >= 0.6 is 0 Å². The molecule has 0 fully saturated rings. The minimum Gasteiger partial charge on any atom is -0.293 e. The van der Waals surface area contributed by atoms with Gasteiger partial charge < -0.3 is 0 Å². The second-order valence-electron chi connectivity index (χ2n) is 3.36. The van der Waals surface area contributed by atoms with Crippen LogP contribution in [-0.4, -0.2) is 12.6 Å². The maximum Gasteiger partial charge on any atom is 0.373 e. The Balaban J connectivity index is 2.65. The van der Waals surface area contributed by atoms with E-state index in [1.807, 2.05) is 26.0 Å². The van der Waals surface area contributed by atoms with Crippen LogP contribution in [0.15, 0.2) is 18.2 Å². The molecule has 0 aliphatic carbocycles. The van der Waals surface area contributed by atoms with E-state index in [2.05, 4.69) is 16.7 Å². The van der Waals surface area contributed by atoms with Crippen LogP contribution < -0.4 is 0 Å². The summed E-state index contributed by atoms with van der Waals surface area (Å²) in [6.07, 6.45) is 0.570. The largest absolute Gasteiger partial charge is 0.373 e. The summed E-state index contributed by atoms with van der Waals surface area (Å²) in [6.45, 7) is 7.72. The van der Waals surface area contributed by atoms with Gasteiger partial charge in [0.1, 0.15) is 0 Å². The van der Waals surface area contributed by atoms with Crippen LogP contribution in [0.3, 0.4) is 0 Å². The SMILES string of the molecule is [CH2]CCOOC(=O)c1ccc(C)cc1C. The minimum atomic E-state index is -0.457.